The lowest BCUT2D eigenvalue weighted by atomic mass is 9.33. The predicted molar refractivity (Wildman–Crippen MR) is 153 cm³/mol. The van der Waals surface area contributed by atoms with Crippen molar-refractivity contribution in [3.63, 3.8) is 0 Å². The maximum Gasteiger partial charge on any atom is 0.333 e. The van der Waals surface area contributed by atoms with Gasteiger partial charge in [-0.3, -0.25) is 4.79 Å². The van der Waals surface area contributed by atoms with Crippen molar-refractivity contribution in [3.8, 4) is 0 Å². The zero-order chi connectivity index (χ0) is 28.8. The standard InChI is InChI=1S/C34H54O5/c1-20-11-14-31(5)17-18-33(7)22(28(31)21(20)2)9-10-25-32(6)15-13-26(39-27(36)19-23(35)29(37)38)30(3,4)24(32)12-16-34(25,33)8/h9,20-21,23-26,28,35H,10-19H2,1-8H3,(H,37,38)/t20-,21+,23+,24+,25-,26+,28+,31-,32+,33-,34-/m1/s1. The summed E-state index contributed by atoms with van der Waals surface area (Å²) in [6, 6.07) is 0. The zero-order valence-electron chi connectivity index (χ0n) is 25.8. The lowest BCUT2D eigenvalue weighted by Gasteiger charge is -2.71. The number of hydrogen-bond donors (Lipinski definition) is 2. The summed E-state index contributed by atoms with van der Waals surface area (Å²) >= 11 is 0. The van der Waals surface area contributed by atoms with Gasteiger partial charge < -0.3 is 14.9 Å². The van der Waals surface area contributed by atoms with Crippen LogP contribution in [0.15, 0.2) is 11.6 Å². The van der Waals surface area contributed by atoms with Crippen LogP contribution in [-0.4, -0.2) is 34.4 Å². The molecule has 0 amide bonds. The second kappa shape index (κ2) is 9.33. The largest absolute Gasteiger partial charge is 0.479 e. The molecule has 0 saturated heterocycles. The number of fused-ring (bicyclic) bond motifs is 7. The molecule has 0 aromatic rings. The first-order valence-corrected chi connectivity index (χ1v) is 15.8. The molecule has 2 N–H and O–H groups in total. The molecule has 0 bridgehead atoms. The predicted octanol–water partition coefficient (Wildman–Crippen LogP) is 7.41. The van der Waals surface area contributed by atoms with E-state index in [-0.39, 0.29) is 27.8 Å². The number of hydrogen-bond acceptors (Lipinski definition) is 4. The smallest absolute Gasteiger partial charge is 0.333 e. The molecule has 5 nitrogen and oxygen atoms in total. The van der Waals surface area contributed by atoms with Crippen LogP contribution in [0, 0.1) is 56.7 Å². The van der Waals surface area contributed by atoms with Crippen molar-refractivity contribution >= 4 is 11.9 Å². The van der Waals surface area contributed by atoms with Crippen LogP contribution in [-0.2, 0) is 14.3 Å². The zero-order valence-corrected chi connectivity index (χ0v) is 25.8. The monoisotopic (exact) mass is 542 g/mol. The molecular weight excluding hydrogens is 488 g/mol. The molecule has 0 aromatic heterocycles. The molecule has 0 aliphatic heterocycles. The van der Waals surface area contributed by atoms with Gasteiger partial charge in [-0.2, -0.15) is 0 Å². The van der Waals surface area contributed by atoms with Gasteiger partial charge in [-0.15, -0.1) is 0 Å². The van der Waals surface area contributed by atoms with E-state index in [9.17, 15) is 14.7 Å². The fraction of sp³-hybridized carbons (Fsp3) is 0.882. The van der Waals surface area contributed by atoms with Crippen LogP contribution >= 0.6 is 0 Å². The van der Waals surface area contributed by atoms with Crippen LogP contribution < -0.4 is 0 Å². The first-order chi connectivity index (χ1) is 18.0. The van der Waals surface area contributed by atoms with E-state index in [1.165, 1.54) is 32.1 Å². The van der Waals surface area contributed by atoms with E-state index in [4.69, 9.17) is 9.84 Å². The molecule has 11 atom stereocenters. The Morgan fingerprint density at radius 1 is 0.949 bits per heavy atom. The summed E-state index contributed by atoms with van der Waals surface area (Å²) in [5.74, 6) is 1.28. The highest BCUT2D eigenvalue weighted by molar-refractivity contribution is 5.80. The lowest BCUT2D eigenvalue weighted by Crippen LogP contribution is -2.65. The number of aliphatic hydroxyl groups excluding tert-OH is 1. The van der Waals surface area contributed by atoms with Gasteiger partial charge in [0.25, 0.3) is 0 Å². The third-order valence-corrected chi connectivity index (χ3v) is 14.3. The van der Waals surface area contributed by atoms with Crippen molar-refractivity contribution in [1.82, 2.24) is 0 Å². The van der Waals surface area contributed by atoms with Crippen molar-refractivity contribution < 1.29 is 24.5 Å². The van der Waals surface area contributed by atoms with Gasteiger partial charge >= 0.3 is 11.9 Å². The Labute approximate surface area is 236 Å². The molecule has 0 spiro atoms. The Bertz CT molecular complexity index is 1050. The number of allylic oxidation sites excluding steroid dienone is 2. The highest BCUT2D eigenvalue weighted by Crippen LogP contribution is 2.75. The van der Waals surface area contributed by atoms with Crippen LogP contribution in [0.2, 0.25) is 0 Å². The highest BCUT2D eigenvalue weighted by atomic mass is 16.5. The number of carbonyl (C=O) groups is 2. The summed E-state index contributed by atoms with van der Waals surface area (Å²) in [4.78, 5) is 23.6. The van der Waals surface area contributed by atoms with E-state index in [1.54, 1.807) is 5.57 Å². The van der Waals surface area contributed by atoms with Gasteiger partial charge in [0.1, 0.15) is 6.10 Å². The number of aliphatic carboxylic acids is 1. The van der Waals surface area contributed by atoms with Gasteiger partial charge in [-0.05, 0) is 109 Å². The molecule has 39 heavy (non-hydrogen) atoms. The van der Waals surface area contributed by atoms with Gasteiger partial charge in [0.2, 0.25) is 0 Å². The SMILES string of the molecule is C[C@H]1[C@H](C)CC[C@]2(C)CC[C@]3(C)C(=CC[C@@H]4[C@@]5(C)CC[C@H](OC(=O)C[C@H](O)C(=O)O)C(C)(C)[C@@H]5CC[C@]43C)[C@H]12. The Kier molecular flexibility index (Phi) is 6.97. The van der Waals surface area contributed by atoms with Crippen LogP contribution in [0.5, 0.6) is 0 Å². The highest BCUT2D eigenvalue weighted by Gasteiger charge is 2.68. The minimum absolute atomic E-state index is 0.164. The number of carboxylic acid groups (broad SMARTS) is 1. The molecule has 0 unspecified atom stereocenters. The first-order valence-electron chi connectivity index (χ1n) is 15.8. The summed E-state index contributed by atoms with van der Waals surface area (Å²) < 4.78 is 5.91. The molecule has 0 heterocycles. The Balaban J connectivity index is 1.43. The molecule has 5 rings (SSSR count). The number of carbonyl (C=O) groups excluding carboxylic acids is 1. The number of carboxylic acids is 1. The van der Waals surface area contributed by atoms with Crippen LogP contribution in [0.25, 0.3) is 0 Å². The van der Waals surface area contributed by atoms with Gasteiger partial charge in [0.15, 0.2) is 6.10 Å². The number of aliphatic hydroxyl groups is 1. The maximum absolute atomic E-state index is 12.6. The van der Waals surface area contributed by atoms with Crippen molar-refractivity contribution in [2.24, 2.45) is 56.7 Å². The molecule has 0 radical (unpaired) electrons. The molecule has 5 aliphatic rings. The van der Waals surface area contributed by atoms with Gasteiger partial charge in [0, 0.05) is 5.41 Å². The number of esters is 1. The van der Waals surface area contributed by atoms with Gasteiger partial charge in [0.05, 0.1) is 6.42 Å². The Morgan fingerprint density at radius 3 is 2.31 bits per heavy atom. The summed E-state index contributed by atoms with van der Waals surface area (Å²) in [7, 11) is 0. The minimum Gasteiger partial charge on any atom is -0.479 e. The fourth-order valence-corrected chi connectivity index (χ4v) is 11.5. The molecular formula is C34H54O5. The van der Waals surface area contributed by atoms with Gasteiger partial charge in [-0.25, -0.2) is 4.79 Å². The van der Waals surface area contributed by atoms with E-state index in [1.807, 2.05) is 0 Å². The van der Waals surface area contributed by atoms with Gasteiger partial charge in [-0.1, -0.05) is 67.0 Å². The fourth-order valence-electron chi connectivity index (χ4n) is 11.5. The summed E-state index contributed by atoms with van der Waals surface area (Å²) in [6.45, 7) is 19.9. The third kappa shape index (κ3) is 4.09. The molecule has 0 aromatic carbocycles. The molecule has 5 heteroatoms. The molecule has 5 aliphatic carbocycles. The van der Waals surface area contributed by atoms with Crippen molar-refractivity contribution in [2.45, 2.75) is 132 Å². The normalized spacial score (nSPS) is 49.3. The second-order valence-corrected chi connectivity index (χ2v) is 16.2. The van der Waals surface area contributed by atoms with Crippen LogP contribution in [0.4, 0.5) is 0 Å². The van der Waals surface area contributed by atoms with Crippen LogP contribution in [0.3, 0.4) is 0 Å². The van der Waals surface area contributed by atoms with E-state index in [0.717, 1.165) is 37.5 Å². The summed E-state index contributed by atoms with van der Waals surface area (Å²) in [6.07, 6.45) is 11.0. The molecule has 4 fully saturated rings. The minimum atomic E-state index is -1.71. The average Bonchev–Trinajstić information content (AvgIpc) is 2.84. The van der Waals surface area contributed by atoms with E-state index in [2.05, 4.69) is 61.5 Å². The molecule has 220 valence electrons. The Morgan fingerprint density at radius 2 is 1.64 bits per heavy atom. The van der Waals surface area contributed by atoms with Crippen LogP contribution in [0.1, 0.15) is 120 Å². The topological polar surface area (TPSA) is 83.8 Å². The van der Waals surface area contributed by atoms with E-state index in [0.29, 0.717) is 23.2 Å². The average molecular weight is 543 g/mol. The quantitative estimate of drug-likeness (QED) is 0.285. The van der Waals surface area contributed by atoms with Crippen molar-refractivity contribution in [2.75, 3.05) is 0 Å². The summed E-state index contributed by atoms with van der Waals surface area (Å²) in [5, 5.41) is 18.7. The van der Waals surface area contributed by atoms with E-state index < -0.39 is 24.5 Å². The molecule has 4 saturated carbocycles. The first kappa shape index (κ1) is 29.1. The van der Waals surface area contributed by atoms with E-state index >= 15 is 0 Å². The number of rotatable bonds is 4. The third-order valence-electron chi connectivity index (χ3n) is 14.3. The maximum atomic E-state index is 12.6. The summed E-state index contributed by atoms with van der Waals surface area (Å²) in [5.41, 5.74) is 2.70. The Hall–Kier alpha value is -1.36. The van der Waals surface area contributed by atoms with Crippen molar-refractivity contribution in [1.29, 1.82) is 0 Å². The number of ether oxygens (including phenoxy) is 1. The lowest BCUT2D eigenvalue weighted by molar-refractivity contribution is -0.213. The second-order valence-electron chi connectivity index (χ2n) is 16.2. The van der Waals surface area contributed by atoms with Crippen molar-refractivity contribution in [3.05, 3.63) is 11.6 Å².